The van der Waals surface area contributed by atoms with Gasteiger partial charge in [0.15, 0.2) is 11.6 Å². The molecule has 0 saturated carbocycles. The lowest BCUT2D eigenvalue weighted by Gasteiger charge is -2.37. The number of ether oxygens (including phenoxy) is 1. The maximum Gasteiger partial charge on any atom is 0.323 e. The normalized spacial score (nSPS) is 21.9. The number of H-pyrrole nitrogens is 1. The van der Waals surface area contributed by atoms with E-state index < -0.39 is 0 Å². The molecule has 3 heterocycles. The number of ketones is 2. The Labute approximate surface area is 263 Å². The molecular formula is C35H51N5O4. The van der Waals surface area contributed by atoms with E-state index in [2.05, 4.69) is 28.9 Å². The third-order valence-electron chi connectivity index (χ3n) is 8.29. The smallest absolute Gasteiger partial charge is 0.323 e. The van der Waals surface area contributed by atoms with Crippen LogP contribution in [0.2, 0.25) is 0 Å². The van der Waals surface area contributed by atoms with Gasteiger partial charge < -0.3 is 10.5 Å². The molecule has 9 heteroatoms. The lowest BCUT2D eigenvalue weighted by atomic mass is 9.90. The number of nitrogens with one attached hydrogen (secondary N) is 1. The summed E-state index contributed by atoms with van der Waals surface area (Å²) in [5.41, 5.74) is 8.19. The Morgan fingerprint density at radius 2 is 1.34 bits per heavy atom. The number of hydrogen-bond donors (Lipinski definition) is 2. The molecule has 3 aromatic rings. The number of carbonyl (C=O) groups excluding carboxylic acids is 3. The predicted octanol–water partition coefficient (Wildman–Crippen LogP) is 6.06. The summed E-state index contributed by atoms with van der Waals surface area (Å²) in [5, 5.41) is 7.04. The number of esters is 1. The van der Waals surface area contributed by atoms with Crippen molar-refractivity contribution >= 4 is 23.4 Å². The van der Waals surface area contributed by atoms with Gasteiger partial charge in [0.2, 0.25) is 0 Å². The lowest BCUT2D eigenvalue weighted by Crippen LogP contribution is -2.49. The summed E-state index contributed by atoms with van der Waals surface area (Å²) in [6.45, 7) is 6.77. The van der Waals surface area contributed by atoms with Crippen LogP contribution in [0.1, 0.15) is 86.8 Å². The number of nitrogens with two attached hydrogens (primary N) is 1. The molecule has 240 valence electrons. The second-order valence-corrected chi connectivity index (χ2v) is 11.6. The second kappa shape index (κ2) is 17.5. The van der Waals surface area contributed by atoms with Crippen LogP contribution in [0.25, 0.3) is 0 Å². The van der Waals surface area contributed by atoms with Crippen molar-refractivity contribution in [1.29, 1.82) is 0 Å². The molecule has 4 atom stereocenters. The minimum atomic E-state index is -0.295. The Hall–Kier alpha value is -3.82. The van der Waals surface area contributed by atoms with E-state index in [0.717, 1.165) is 50.0 Å². The van der Waals surface area contributed by atoms with Crippen LogP contribution < -0.4 is 5.73 Å². The third-order valence-corrected chi connectivity index (χ3v) is 8.29. The van der Waals surface area contributed by atoms with Crippen LogP contribution in [0.5, 0.6) is 0 Å². The summed E-state index contributed by atoms with van der Waals surface area (Å²) in [4.78, 5) is 40.8. The molecule has 3 N–H and O–H groups in total. The minimum Gasteiger partial charge on any atom is -0.468 e. The van der Waals surface area contributed by atoms with Gasteiger partial charge in [-0.2, -0.15) is 5.10 Å². The highest BCUT2D eigenvalue weighted by Gasteiger charge is 2.34. The molecule has 2 saturated heterocycles. The molecule has 0 radical (unpaired) electrons. The average Bonchev–Trinajstić information content (AvgIpc) is 3.45. The summed E-state index contributed by atoms with van der Waals surface area (Å²) in [5.74, 6) is 1.60. The van der Waals surface area contributed by atoms with Crippen molar-refractivity contribution in [2.75, 3.05) is 39.0 Å². The van der Waals surface area contributed by atoms with Crippen LogP contribution >= 0.6 is 0 Å². The van der Waals surface area contributed by atoms with Crippen molar-refractivity contribution in [1.82, 2.24) is 20.0 Å². The lowest BCUT2D eigenvalue weighted by molar-refractivity contribution is -0.148. The Kier molecular flexibility index (Phi) is 14.4. The minimum absolute atomic E-state index is 0. The fourth-order valence-corrected chi connectivity index (χ4v) is 5.79. The van der Waals surface area contributed by atoms with Crippen molar-refractivity contribution in [2.24, 2.45) is 11.8 Å². The van der Waals surface area contributed by atoms with Gasteiger partial charge in [-0.15, -0.1) is 0 Å². The highest BCUT2D eigenvalue weighted by molar-refractivity contribution is 5.98. The maximum atomic E-state index is 12.5. The van der Waals surface area contributed by atoms with Crippen molar-refractivity contribution in [3.05, 3.63) is 83.6 Å². The summed E-state index contributed by atoms with van der Waals surface area (Å²) < 4.78 is 4.86. The number of methoxy groups -OCH3 is 1. The molecule has 4 unspecified atom stereocenters. The predicted molar refractivity (Wildman–Crippen MR) is 176 cm³/mol. The Morgan fingerprint density at radius 1 is 0.841 bits per heavy atom. The third kappa shape index (κ3) is 9.86. The number of aromatic amines is 1. The zero-order valence-electron chi connectivity index (χ0n) is 24.9. The van der Waals surface area contributed by atoms with Gasteiger partial charge in [0.1, 0.15) is 11.9 Å². The van der Waals surface area contributed by atoms with E-state index in [4.69, 9.17) is 10.5 Å². The number of hydrogen-bond acceptors (Lipinski definition) is 8. The largest absolute Gasteiger partial charge is 0.468 e. The summed E-state index contributed by atoms with van der Waals surface area (Å²) >= 11 is 0. The molecule has 2 aliphatic rings. The van der Waals surface area contributed by atoms with Gasteiger partial charge in [0, 0.05) is 17.2 Å². The molecule has 1 aromatic heterocycles. The molecule has 2 aromatic carbocycles. The number of aromatic nitrogens is 2. The number of rotatable bonds is 8. The summed E-state index contributed by atoms with van der Waals surface area (Å²) in [6.07, 6.45) is 3.90. The SMILES string of the molecule is C.C.CC1CCN(CC(=O)c2ccccc2)C(c2cc(N)n[nH]2)C1.COC(=O)C1CC(C)CCN1CC(=O)c1ccccc1. The standard InChI is InChI=1S/C17H22N4O.C16H21NO3.2CH4/c1-12-7-8-21(11-16(22)13-5-3-2-4-6-13)15(9-12)14-10-17(18)20-19-14;1-12-8-9-17(14(10-12)16(19)20-2)11-15(18)13-6-4-3-5-7-13;;/h2-6,10,12,15H,7-9,11H2,1H3,(H3,18,19,20);3-7,12,14H,8-11H2,1-2H3;2*1H4. The summed E-state index contributed by atoms with van der Waals surface area (Å²) in [7, 11) is 1.40. The highest BCUT2D eigenvalue weighted by atomic mass is 16.5. The first-order valence-electron chi connectivity index (χ1n) is 14.8. The number of nitrogens with zero attached hydrogens (tertiary/aromatic N) is 3. The number of carbonyl (C=O) groups is 3. The topological polar surface area (TPSA) is 122 Å². The van der Waals surface area contributed by atoms with Gasteiger partial charge in [-0.05, 0) is 50.6 Å². The zero-order valence-corrected chi connectivity index (χ0v) is 24.9. The Balaban J connectivity index is 0.000000295. The first-order valence-corrected chi connectivity index (χ1v) is 14.8. The fraction of sp³-hybridized carbons (Fsp3) is 0.486. The number of piperidine rings is 2. The Morgan fingerprint density at radius 3 is 1.84 bits per heavy atom. The van der Waals surface area contributed by atoms with E-state index in [-0.39, 0.29) is 51.0 Å². The molecular weight excluding hydrogens is 554 g/mol. The van der Waals surface area contributed by atoms with Crippen LogP contribution in [0.3, 0.4) is 0 Å². The molecule has 0 aliphatic carbocycles. The average molecular weight is 606 g/mol. The van der Waals surface area contributed by atoms with E-state index in [0.29, 0.717) is 29.8 Å². The molecule has 0 bridgehead atoms. The molecule has 0 spiro atoms. The van der Waals surface area contributed by atoms with Crippen molar-refractivity contribution in [3.8, 4) is 0 Å². The van der Waals surface area contributed by atoms with Crippen molar-refractivity contribution < 1.29 is 19.1 Å². The highest BCUT2D eigenvalue weighted by Crippen LogP contribution is 2.33. The quantitative estimate of drug-likeness (QED) is 0.235. The van der Waals surface area contributed by atoms with Crippen LogP contribution in [0, 0.1) is 11.8 Å². The first-order chi connectivity index (χ1) is 20.2. The van der Waals surface area contributed by atoms with E-state index in [1.54, 1.807) is 0 Å². The van der Waals surface area contributed by atoms with Crippen molar-refractivity contribution in [2.45, 2.75) is 66.5 Å². The van der Waals surface area contributed by atoms with Gasteiger partial charge in [-0.1, -0.05) is 89.4 Å². The number of nitrogen functional groups attached to an aromatic ring is 1. The second-order valence-electron chi connectivity index (χ2n) is 11.6. The van der Waals surface area contributed by atoms with Gasteiger partial charge in [0.05, 0.1) is 31.9 Å². The first kappa shape index (κ1) is 36.4. The van der Waals surface area contributed by atoms with E-state index in [1.165, 1.54) is 7.11 Å². The van der Waals surface area contributed by atoms with Crippen LogP contribution in [0.4, 0.5) is 5.82 Å². The zero-order chi connectivity index (χ0) is 30.1. The molecule has 0 amide bonds. The maximum absolute atomic E-state index is 12.5. The number of anilines is 1. The van der Waals surface area contributed by atoms with E-state index in [9.17, 15) is 14.4 Å². The van der Waals surface area contributed by atoms with Crippen LogP contribution in [-0.2, 0) is 9.53 Å². The summed E-state index contributed by atoms with van der Waals surface area (Å²) in [6, 6.07) is 20.4. The van der Waals surface area contributed by atoms with Crippen LogP contribution in [-0.4, -0.2) is 76.9 Å². The Bertz CT molecular complexity index is 1310. The number of Topliss-reactive ketones (excluding diaryl/α,β-unsaturated/α-hetero) is 2. The molecule has 44 heavy (non-hydrogen) atoms. The number of likely N-dealkylation sites (tertiary alicyclic amines) is 2. The van der Waals surface area contributed by atoms with Crippen molar-refractivity contribution in [3.63, 3.8) is 0 Å². The molecule has 5 rings (SSSR count). The van der Waals surface area contributed by atoms with E-state index >= 15 is 0 Å². The number of benzene rings is 2. The molecule has 2 fully saturated rings. The van der Waals surface area contributed by atoms with Gasteiger partial charge in [0.25, 0.3) is 0 Å². The van der Waals surface area contributed by atoms with Gasteiger partial charge in [-0.3, -0.25) is 29.3 Å². The van der Waals surface area contributed by atoms with Gasteiger partial charge in [-0.25, -0.2) is 0 Å². The van der Waals surface area contributed by atoms with Crippen LogP contribution in [0.15, 0.2) is 66.7 Å². The van der Waals surface area contributed by atoms with Gasteiger partial charge >= 0.3 is 5.97 Å². The fourth-order valence-electron chi connectivity index (χ4n) is 5.79. The molecule has 2 aliphatic heterocycles. The molecule has 9 nitrogen and oxygen atoms in total. The monoisotopic (exact) mass is 605 g/mol. The van der Waals surface area contributed by atoms with E-state index in [1.807, 2.05) is 71.6 Å².